The topological polar surface area (TPSA) is 110 Å². The van der Waals surface area contributed by atoms with Gasteiger partial charge in [-0.05, 0) is 24.3 Å². The minimum atomic E-state index is -4.73. The molecule has 0 aliphatic heterocycles. The molecular weight excluding hydrogens is 381 g/mol. The van der Waals surface area contributed by atoms with E-state index in [0.717, 1.165) is 0 Å². The summed E-state index contributed by atoms with van der Waals surface area (Å²) in [6.45, 7) is -0.0535. The molecule has 1 aromatic carbocycles. The quantitative estimate of drug-likeness (QED) is 0.664. The van der Waals surface area contributed by atoms with Gasteiger partial charge in [-0.1, -0.05) is 17.3 Å². The lowest BCUT2D eigenvalue weighted by Crippen LogP contribution is -2.36. The Morgan fingerprint density at radius 1 is 1.07 bits per heavy atom. The van der Waals surface area contributed by atoms with Crippen LogP contribution in [0.2, 0.25) is 0 Å². The number of furan rings is 1. The highest BCUT2D eigenvalue weighted by atomic mass is 19.4. The van der Waals surface area contributed by atoms with Crippen molar-refractivity contribution in [1.29, 1.82) is 0 Å². The van der Waals surface area contributed by atoms with Crippen molar-refractivity contribution in [2.45, 2.75) is 12.7 Å². The van der Waals surface area contributed by atoms with E-state index in [1.165, 1.54) is 30.5 Å². The molecule has 0 bridgehead atoms. The molecule has 0 spiro atoms. The van der Waals surface area contributed by atoms with E-state index in [-0.39, 0.29) is 30.0 Å². The summed E-state index contributed by atoms with van der Waals surface area (Å²) in [5.74, 6) is -2.07. The molecule has 0 saturated carbocycles. The van der Waals surface area contributed by atoms with Crippen LogP contribution in [0.25, 0.3) is 11.4 Å². The minimum absolute atomic E-state index is 0.195. The first kappa shape index (κ1) is 19.1. The maximum atomic E-state index is 12.5. The Hall–Kier alpha value is -3.63. The summed E-state index contributed by atoms with van der Waals surface area (Å²) in [5, 5.41) is 8.26. The highest BCUT2D eigenvalue weighted by Crippen LogP contribution is 2.29. The molecule has 8 nitrogen and oxygen atoms in total. The van der Waals surface area contributed by atoms with Crippen molar-refractivity contribution >= 4 is 11.8 Å². The van der Waals surface area contributed by atoms with Crippen molar-refractivity contribution in [3.8, 4) is 11.4 Å². The molecule has 0 fully saturated rings. The number of hydrogen-bond acceptors (Lipinski definition) is 6. The first-order chi connectivity index (χ1) is 13.3. The van der Waals surface area contributed by atoms with Crippen LogP contribution in [-0.2, 0) is 17.5 Å². The monoisotopic (exact) mass is 394 g/mol. The van der Waals surface area contributed by atoms with Gasteiger partial charge in [-0.3, -0.25) is 9.59 Å². The average molecular weight is 394 g/mol. The number of aromatic nitrogens is 2. The second kappa shape index (κ2) is 7.94. The number of halogens is 3. The van der Waals surface area contributed by atoms with Gasteiger partial charge in [0.05, 0.1) is 19.4 Å². The van der Waals surface area contributed by atoms with Crippen LogP contribution in [0.3, 0.4) is 0 Å². The molecule has 28 heavy (non-hydrogen) atoms. The summed E-state index contributed by atoms with van der Waals surface area (Å²) in [6.07, 6.45) is -3.26. The Morgan fingerprint density at radius 3 is 2.43 bits per heavy atom. The summed E-state index contributed by atoms with van der Waals surface area (Å²) < 4.78 is 46.7. The van der Waals surface area contributed by atoms with Gasteiger partial charge in [-0.2, -0.15) is 18.2 Å². The predicted molar refractivity (Wildman–Crippen MR) is 87.6 cm³/mol. The van der Waals surface area contributed by atoms with Crippen LogP contribution in [-0.4, -0.2) is 28.5 Å². The molecule has 0 saturated heterocycles. The van der Waals surface area contributed by atoms with E-state index in [0.29, 0.717) is 5.76 Å². The first-order valence-corrected chi connectivity index (χ1v) is 7.91. The molecule has 11 heteroatoms. The maximum absolute atomic E-state index is 12.5. The van der Waals surface area contributed by atoms with Crippen LogP contribution in [0, 0.1) is 0 Å². The third-order valence-electron chi connectivity index (χ3n) is 3.52. The smallest absolute Gasteiger partial charge is 0.467 e. The molecule has 0 radical (unpaired) electrons. The van der Waals surface area contributed by atoms with Crippen molar-refractivity contribution in [1.82, 2.24) is 20.8 Å². The Morgan fingerprint density at radius 2 is 1.82 bits per heavy atom. The summed E-state index contributed by atoms with van der Waals surface area (Å²) in [4.78, 5) is 27.0. The van der Waals surface area contributed by atoms with E-state index in [1.807, 2.05) is 0 Å². The second-order valence-electron chi connectivity index (χ2n) is 5.54. The van der Waals surface area contributed by atoms with Crippen molar-refractivity contribution in [3.05, 3.63) is 59.9 Å². The van der Waals surface area contributed by atoms with E-state index >= 15 is 0 Å². The lowest BCUT2D eigenvalue weighted by Gasteiger charge is -2.06. The summed E-state index contributed by atoms with van der Waals surface area (Å²) in [7, 11) is 0. The molecule has 2 aromatic heterocycles. The van der Waals surface area contributed by atoms with Gasteiger partial charge in [0.15, 0.2) is 0 Å². The Kier molecular flexibility index (Phi) is 5.43. The number of benzene rings is 1. The zero-order valence-electron chi connectivity index (χ0n) is 14.1. The highest BCUT2D eigenvalue weighted by Gasteiger charge is 2.38. The molecule has 3 rings (SSSR count). The normalized spacial score (nSPS) is 11.2. The second-order valence-corrected chi connectivity index (χ2v) is 5.54. The van der Waals surface area contributed by atoms with Crippen molar-refractivity contribution in [3.63, 3.8) is 0 Å². The number of alkyl halides is 3. The van der Waals surface area contributed by atoms with Crippen LogP contribution in [0.15, 0.2) is 51.6 Å². The van der Waals surface area contributed by atoms with Gasteiger partial charge in [0.25, 0.3) is 5.91 Å². The number of carbonyl (C=O) groups excluding carboxylic acids is 2. The van der Waals surface area contributed by atoms with Gasteiger partial charge in [-0.25, -0.2) is 0 Å². The molecule has 0 atom stereocenters. The van der Waals surface area contributed by atoms with Gasteiger partial charge >= 0.3 is 12.1 Å². The molecule has 146 valence electrons. The largest absolute Gasteiger partial charge is 0.471 e. The number of nitrogens with one attached hydrogen (secondary N) is 2. The highest BCUT2D eigenvalue weighted by molar-refractivity contribution is 5.96. The van der Waals surface area contributed by atoms with Crippen LogP contribution < -0.4 is 10.6 Å². The lowest BCUT2D eigenvalue weighted by molar-refractivity contribution is -0.159. The number of nitrogens with zero attached hydrogens (tertiary/aromatic N) is 2. The Labute approximate surface area is 155 Å². The fourth-order valence-electron chi connectivity index (χ4n) is 2.15. The van der Waals surface area contributed by atoms with Gasteiger partial charge in [0.2, 0.25) is 11.7 Å². The van der Waals surface area contributed by atoms with Gasteiger partial charge < -0.3 is 19.6 Å². The summed E-state index contributed by atoms with van der Waals surface area (Å²) in [6, 6.07) is 8.87. The predicted octanol–water partition coefficient (Wildman–Crippen LogP) is 2.39. The first-order valence-electron chi connectivity index (χ1n) is 7.91. The summed E-state index contributed by atoms with van der Waals surface area (Å²) in [5.41, 5.74) is 0.453. The number of carbonyl (C=O) groups is 2. The van der Waals surface area contributed by atoms with E-state index < -0.39 is 23.9 Å². The third-order valence-corrected chi connectivity index (χ3v) is 3.52. The van der Waals surface area contributed by atoms with Gasteiger partial charge in [0.1, 0.15) is 5.76 Å². The molecule has 0 aliphatic rings. The zero-order chi connectivity index (χ0) is 20.1. The van der Waals surface area contributed by atoms with Crippen LogP contribution >= 0.6 is 0 Å². The van der Waals surface area contributed by atoms with Gasteiger partial charge in [-0.15, -0.1) is 0 Å². The fraction of sp³-hybridized carbons (Fsp3) is 0.176. The van der Waals surface area contributed by atoms with Crippen LogP contribution in [0.1, 0.15) is 22.0 Å². The molecule has 2 heterocycles. The molecule has 3 aromatic rings. The molecule has 0 unspecified atom stereocenters. The Balaban J connectivity index is 1.53. The lowest BCUT2D eigenvalue weighted by atomic mass is 10.1. The molecule has 2 amide bonds. The summed E-state index contributed by atoms with van der Waals surface area (Å²) >= 11 is 0. The van der Waals surface area contributed by atoms with Crippen LogP contribution in [0.4, 0.5) is 13.2 Å². The Bertz CT molecular complexity index is 950. The van der Waals surface area contributed by atoms with Gasteiger partial charge in [0, 0.05) is 11.1 Å². The molecule has 0 aliphatic carbocycles. The number of amides is 2. The fourth-order valence-corrected chi connectivity index (χ4v) is 2.15. The minimum Gasteiger partial charge on any atom is -0.467 e. The van der Waals surface area contributed by atoms with Crippen LogP contribution in [0.5, 0.6) is 0 Å². The third kappa shape index (κ3) is 4.75. The number of hydrogen-bond donors (Lipinski definition) is 2. The van der Waals surface area contributed by atoms with E-state index in [4.69, 9.17) is 4.42 Å². The molecular formula is C17H13F3N4O4. The van der Waals surface area contributed by atoms with E-state index in [2.05, 4.69) is 25.3 Å². The SMILES string of the molecule is O=C(CNC(=O)c1ccc(-c2noc(C(F)(F)F)n2)cc1)NCc1ccco1. The zero-order valence-corrected chi connectivity index (χ0v) is 14.1. The van der Waals surface area contributed by atoms with E-state index in [1.54, 1.807) is 12.1 Å². The van der Waals surface area contributed by atoms with Crippen molar-refractivity contribution in [2.75, 3.05) is 6.54 Å². The van der Waals surface area contributed by atoms with Crippen molar-refractivity contribution < 1.29 is 31.7 Å². The van der Waals surface area contributed by atoms with Crippen molar-refractivity contribution in [2.24, 2.45) is 0 Å². The standard InChI is InChI=1S/C17H13F3N4O4/c18-17(19,20)16-23-14(24-28-16)10-3-5-11(6-4-10)15(26)22-9-13(25)21-8-12-2-1-7-27-12/h1-7H,8-9H2,(H,21,25)(H,22,26). The maximum Gasteiger partial charge on any atom is 0.471 e. The average Bonchev–Trinajstić information content (AvgIpc) is 3.36. The molecule has 2 N–H and O–H groups in total. The number of rotatable bonds is 6. The van der Waals surface area contributed by atoms with E-state index in [9.17, 15) is 22.8 Å².